The van der Waals surface area contributed by atoms with E-state index in [0.717, 1.165) is 16.7 Å². The summed E-state index contributed by atoms with van der Waals surface area (Å²) in [5.41, 5.74) is 2.84. The lowest BCUT2D eigenvalue weighted by molar-refractivity contribution is -0.128. The molecule has 2 aliphatic heterocycles. The highest BCUT2D eigenvalue weighted by atomic mass is 35.5. The molecule has 0 aromatic heterocycles. The van der Waals surface area contributed by atoms with Gasteiger partial charge in [0, 0.05) is 24.5 Å². The van der Waals surface area contributed by atoms with Gasteiger partial charge in [-0.2, -0.15) is 0 Å². The normalized spacial score (nSPS) is 18.9. The molecule has 1 amide bonds. The number of phenols is 2. The second-order valence-corrected chi connectivity index (χ2v) is 7.41. The van der Waals surface area contributed by atoms with Crippen LogP contribution < -0.4 is 0 Å². The predicted molar refractivity (Wildman–Crippen MR) is 102 cm³/mol. The van der Waals surface area contributed by atoms with Crippen LogP contribution in [0.15, 0.2) is 36.4 Å². The molecule has 134 valence electrons. The third kappa shape index (κ3) is 2.89. The maximum absolute atomic E-state index is 12.9. The molecule has 2 N–H and O–H groups in total. The number of nitrogens with zero attached hydrogens (tertiary/aromatic N) is 2. The summed E-state index contributed by atoms with van der Waals surface area (Å²) < 4.78 is 0. The lowest BCUT2D eigenvalue weighted by Gasteiger charge is -2.30. The molecule has 0 spiro atoms. The van der Waals surface area contributed by atoms with Gasteiger partial charge in [0.15, 0.2) is 16.6 Å². The Kier molecular flexibility index (Phi) is 4.25. The van der Waals surface area contributed by atoms with Gasteiger partial charge in [0.1, 0.15) is 6.04 Å². The summed E-state index contributed by atoms with van der Waals surface area (Å²) in [5.74, 6) is -0.328. The Balaban J connectivity index is 1.52. The second-order valence-electron chi connectivity index (χ2n) is 6.61. The van der Waals surface area contributed by atoms with Crippen molar-refractivity contribution in [3.8, 4) is 11.5 Å². The minimum Gasteiger partial charge on any atom is -0.504 e. The smallest absolute Gasteiger partial charge is 0.251 e. The number of rotatable bonds is 3. The molecule has 1 fully saturated rings. The number of thiocarbonyl (C=S) groups is 1. The average molecular weight is 389 g/mol. The van der Waals surface area contributed by atoms with Gasteiger partial charge in [0.2, 0.25) is 0 Å². The fraction of sp³-hybridized carbons (Fsp3) is 0.263. The third-order valence-corrected chi connectivity index (χ3v) is 5.70. The van der Waals surface area contributed by atoms with Crippen molar-refractivity contribution >= 4 is 34.8 Å². The number of aromatic hydroxyl groups is 2. The lowest BCUT2D eigenvalue weighted by Crippen LogP contribution is -2.39. The zero-order valence-electron chi connectivity index (χ0n) is 13.9. The van der Waals surface area contributed by atoms with E-state index in [9.17, 15) is 15.0 Å². The molecule has 1 saturated heterocycles. The molecule has 5 nitrogen and oxygen atoms in total. The first-order valence-corrected chi connectivity index (χ1v) is 9.13. The number of carbonyl (C=O) groups excluding carboxylic acids is 1. The van der Waals surface area contributed by atoms with E-state index in [1.54, 1.807) is 11.0 Å². The standard InChI is InChI=1S/C19H17ClN2O3S/c20-14-3-1-11(2-4-14)5-6-21-18(25)15-7-12-8-16(23)17(24)9-13(12)10-22(15)19(21)26/h1-4,8-9,15,23-24H,5-7,10H2. The van der Waals surface area contributed by atoms with Gasteiger partial charge in [-0.15, -0.1) is 0 Å². The summed E-state index contributed by atoms with van der Waals surface area (Å²) in [6.45, 7) is 0.967. The minimum absolute atomic E-state index is 0.0119. The monoisotopic (exact) mass is 388 g/mol. The van der Waals surface area contributed by atoms with E-state index < -0.39 is 0 Å². The van der Waals surface area contributed by atoms with Crippen molar-refractivity contribution in [1.82, 2.24) is 9.80 Å². The fourth-order valence-electron chi connectivity index (χ4n) is 3.56. The zero-order valence-corrected chi connectivity index (χ0v) is 15.4. The van der Waals surface area contributed by atoms with Crippen molar-refractivity contribution in [2.45, 2.75) is 25.4 Å². The quantitative estimate of drug-likeness (QED) is 0.625. The van der Waals surface area contributed by atoms with E-state index in [0.29, 0.717) is 36.1 Å². The number of phenolic OH excluding ortho intramolecular Hbond substituents is 2. The first-order valence-electron chi connectivity index (χ1n) is 8.34. The summed E-state index contributed by atoms with van der Waals surface area (Å²) in [7, 11) is 0. The Morgan fingerprint density at radius 2 is 1.77 bits per heavy atom. The molecule has 0 bridgehead atoms. The summed E-state index contributed by atoms with van der Waals surface area (Å²) in [4.78, 5) is 16.4. The molecule has 4 rings (SSSR count). The molecule has 2 aromatic rings. The molecule has 0 aliphatic carbocycles. The van der Waals surface area contributed by atoms with Crippen molar-refractivity contribution in [3.63, 3.8) is 0 Å². The van der Waals surface area contributed by atoms with Gasteiger partial charge in [-0.1, -0.05) is 23.7 Å². The molecule has 1 atom stereocenters. The van der Waals surface area contributed by atoms with Gasteiger partial charge in [-0.05, 0) is 59.6 Å². The van der Waals surface area contributed by atoms with Gasteiger partial charge in [0.25, 0.3) is 5.91 Å². The molecular weight excluding hydrogens is 372 g/mol. The highest BCUT2D eigenvalue weighted by Gasteiger charge is 2.44. The molecule has 2 aliphatic rings. The van der Waals surface area contributed by atoms with Crippen LogP contribution in [-0.2, 0) is 24.2 Å². The van der Waals surface area contributed by atoms with E-state index >= 15 is 0 Å². The Hall–Kier alpha value is -2.31. The first kappa shape index (κ1) is 17.1. The van der Waals surface area contributed by atoms with Crippen molar-refractivity contribution in [3.05, 3.63) is 58.1 Å². The zero-order chi connectivity index (χ0) is 18.4. The number of amides is 1. The Labute approximate surface area is 161 Å². The second kappa shape index (κ2) is 6.45. The van der Waals surface area contributed by atoms with E-state index in [4.69, 9.17) is 23.8 Å². The summed E-state index contributed by atoms with van der Waals surface area (Å²) in [6.07, 6.45) is 1.16. The van der Waals surface area contributed by atoms with Crippen molar-refractivity contribution in [2.75, 3.05) is 6.54 Å². The van der Waals surface area contributed by atoms with Gasteiger partial charge >= 0.3 is 0 Å². The molecule has 26 heavy (non-hydrogen) atoms. The van der Waals surface area contributed by atoms with Crippen LogP contribution in [-0.4, -0.2) is 43.6 Å². The molecule has 0 saturated carbocycles. The topological polar surface area (TPSA) is 64.0 Å². The highest BCUT2D eigenvalue weighted by Crippen LogP contribution is 2.36. The number of hydrogen-bond donors (Lipinski definition) is 2. The number of fused-ring (bicyclic) bond motifs is 2. The van der Waals surface area contributed by atoms with Gasteiger partial charge in [0.05, 0.1) is 0 Å². The van der Waals surface area contributed by atoms with E-state index in [2.05, 4.69) is 0 Å². The van der Waals surface area contributed by atoms with Crippen LogP contribution in [0.3, 0.4) is 0 Å². The Bertz CT molecular complexity index is 851. The molecule has 2 heterocycles. The average Bonchev–Trinajstić information content (AvgIpc) is 2.84. The van der Waals surface area contributed by atoms with E-state index in [-0.39, 0.29) is 23.4 Å². The maximum atomic E-state index is 12.9. The number of hydrogen-bond acceptors (Lipinski definition) is 4. The van der Waals surface area contributed by atoms with Gasteiger partial charge in [-0.3, -0.25) is 9.69 Å². The number of benzene rings is 2. The largest absolute Gasteiger partial charge is 0.504 e. The van der Waals surface area contributed by atoms with Crippen LogP contribution in [0.5, 0.6) is 11.5 Å². The summed E-state index contributed by atoms with van der Waals surface area (Å²) >= 11 is 11.4. The Morgan fingerprint density at radius 3 is 2.46 bits per heavy atom. The van der Waals surface area contributed by atoms with Crippen molar-refractivity contribution in [2.24, 2.45) is 0 Å². The van der Waals surface area contributed by atoms with Crippen molar-refractivity contribution < 1.29 is 15.0 Å². The molecular formula is C19H17ClN2O3S. The first-order chi connectivity index (χ1) is 12.4. The summed E-state index contributed by atoms with van der Waals surface area (Å²) in [5, 5.41) is 20.7. The molecule has 0 radical (unpaired) electrons. The van der Waals surface area contributed by atoms with Crippen LogP contribution in [0.1, 0.15) is 16.7 Å². The van der Waals surface area contributed by atoms with Crippen LogP contribution in [0.4, 0.5) is 0 Å². The van der Waals surface area contributed by atoms with Crippen LogP contribution in [0.25, 0.3) is 0 Å². The molecule has 1 unspecified atom stereocenters. The predicted octanol–water partition coefficient (Wildman–Crippen LogP) is 2.85. The number of halogens is 1. The maximum Gasteiger partial charge on any atom is 0.251 e. The number of carbonyl (C=O) groups is 1. The highest BCUT2D eigenvalue weighted by molar-refractivity contribution is 7.80. The molecule has 7 heteroatoms. The van der Waals surface area contributed by atoms with E-state index in [1.165, 1.54) is 6.07 Å². The fourth-order valence-corrected chi connectivity index (χ4v) is 4.06. The third-order valence-electron chi connectivity index (χ3n) is 4.99. The van der Waals surface area contributed by atoms with Crippen LogP contribution in [0, 0.1) is 0 Å². The molecule has 2 aromatic carbocycles. The van der Waals surface area contributed by atoms with Crippen LogP contribution in [0.2, 0.25) is 5.02 Å². The van der Waals surface area contributed by atoms with Crippen LogP contribution >= 0.6 is 23.8 Å². The van der Waals surface area contributed by atoms with Gasteiger partial charge < -0.3 is 15.1 Å². The lowest BCUT2D eigenvalue weighted by atomic mass is 9.94. The Morgan fingerprint density at radius 1 is 1.12 bits per heavy atom. The SMILES string of the molecule is O=C1C2Cc3cc(O)c(O)cc3CN2C(=S)N1CCc1ccc(Cl)cc1. The van der Waals surface area contributed by atoms with E-state index in [1.807, 2.05) is 29.2 Å². The minimum atomic E-state index is -0.343. The van der Waals surface area contributed by atoms with Crippen molar-refractivity contribution in [1.29, 1.82) is 0 Å². The van der Waals surface area contributed by atoms with Gasteiger partial charge in [-0.25, -0.2) is 0 Å². The summed E-state index contributed by atoms with van der Waals surface area (Å²) in [6, 6.07) is 10.3.